The number of rotatable bonds is 3. The number of aromatic nitrogens is 3. The predicted molar refractivity (Wildman–Crippen MR) is 63.6 cm³/mol. The van der Waals surface area contributed by atoms with Crippen LogP contribution in [0, 0.1) is 5.82 Å². The number of methoxy groups -OCH3 is 2. The first-order chi connectivity index (χ1) is 9.06. The maximum absolute atomic E-state index is 13.8. The molecule has 2 rings (SSSR count). The molecule has 19 heavy (non-hydrogen) atoms. The van der Waals surface area contributed by atoms with Crippen LogP contribution in [-0.2, 0) is 4.74 Å². The third kappa shape index (κ3) is 2.32. The van der Waals surface area contributed by atoms with Gasteiger partial charge in [0.25, 0.3) is 5.82 Å². The van der Waals surface area contributed by atoms with Gasteiger partial charge in [0.2, 0.25) is 0 Å². The first-order valence-corrected chi connectivity index (χ1v) is 5.20. The molecule has 0 amide bonds. The molecule has 0 saturated carbocycles. The zero-order valence-corrected chi connectivity index (χ0v) is 10.3. The lowest BCUT2D eigenvalue weighted by Gasteiger charge is -2.08. The summed E-state index contributed by atoms with van der Waals surface area (Å²) in [6, 6.07) is 2.47. The van der Waals surface area contributed by atoms with Gasteiger partial charge in [-0.15, -0.1) is 5.10 Å². The summed E-state index contributed by atoms with van der Waals surface area (Å²) in [5.41, 5.74) is 5.80. The van der Waals surface area contributed by atoms with Crippen LogP contribution in [0.15, 0.2) is 18.5 Å². The molecule has 0 aliphatic heterocycles. The van der Waals surface area contributed by atoms with Crippen LogP contribution in [0.4, 0.5) is 10.1 Å². The first-order valence-electron chi connectivity index (χ1n) is 5.20. The van der Waals surface area contributed by atoms with E-state index in [-0.39, 0.29) is 17.2 Å². The molecule has 1 heterocycles. The number of nitrogens with two attached hydrogens (primary N) is 1. The lowest BCUT2D eigenvalue weighted by atomic mass is 10.2. The van der Waals surface area contributed by atoms with Crippen LogP contribution in [0.1, 0.15) is 10.6 Å². The second-order valence-corrected chi connectivity index (χ2v) is 3.55. The van der Waals surface area contributed by atoms with Crippen LogP contribution in [0.25, 0.3) is 5.69 Å². The van der Waals surface area contributed by atoms with Gasteiger partial charge in [-0.05, 0) is 0 Å². The number of benzene rings is 1. The quantitative estimate of drug-likeness (QED) is 0.652. The molecule has 8 heteroatoms. The molecule has 7 nitrogen and oxygen atoms in total. The summed E-state index contributed by atoms with van der Waals surface area (Å²) in [4.78, 5) is 14.9. The summed E-state index contributed by atoms with van der Waals surface area (Å²) in [6.07, 6.45) is 1.19. The third-order valence-corrected chi connectivity index (χ3v) is 2.41. The van der Waals surface area contributed by atoms with E-state index in [1.54, 1.807) is 0 Å². The van der Waals surface area contributed by atoms with Gasteiger partial charge in [-0.1, -0.05) is 0 Å². The molecule has 0 spiro atoms. The van der Waals surface area contributed by atoms with Gasteiger partial charge >= 0.3 is 5.97 Å². The minimum Gasteiger partial charge on any atom is -0.495 e. The van der Waals surface area contributed by atoms with Crippen molar-refractivity contribution in [3.05, 3.63) is 30.1 Å². The number of hydrogen-bond acceptors (Lipinski definition) is 6. The van der Waals surface area contributed by atoms with Crippen LogP contribution < -0.4 is 10.5 Å². The van der Waals surface area contributed by atoms with E-state index in [0.717, 1.165) is 10.7 Å². The maximum Gasteiger partial charge on any atom is 0.377 e. The minimum atomic E-state index is -0.707. The van der Waals surface area contributed by atoms with Crippen molar-refractivity contribution in [3.63, 3.8) is 0 Å². The number of nitrogens with zero attached hydrogens (tertiary/aromatic N) is 3. The van der Waals surface area contributed by atoms with Crippen LogP contribution in [-0.4, -0.2) is 35.0 Å². The van der Waals surface area contributed by atoms with E-state index in [9.17, 15) is 9.18 Å². The highest BCUT2D eigenvalue weighted by molar-refractivity contribution is 5.84. The topological polar surface area (TPSA) is 92.3 Å². The fourth-order valence-corrected chi connectivity index (χ4v) is 1.47. The van der Waals surface area contributed by atoms with Crippen LogP contribution in [0.2, 0.25) is 0 Å². The summed E-state index contributed by atoms with van der Waals surface area (Å²) in [5.74, 6) is -1.19. The molecule has 100 valence electrons. The Kier molecular flexibility index (Phi) is 3.32. The first kappa shape index (κ1) is 12.8. The molecule has 0 fully saturated rings. The summed E-state index contributed by atoms with van der Waals surface area (Å²) in [6.45, 7) is 0. The van der Waals surface area contributed by atoms with Crippen LogP contribution in [0.3, 0.4) is 0 Å². The highest BCUT2D eigenvalue weighted by Gasteiger charge is 2.15. The predicted octanol–water partition coefficient (Wildman–Crippen LogP) is 0.784. The largest absolute Gasteiger partial charge is 0.495 e. The zero-order valence-electron chi connectivity index (χ0n) is 10.3. The lowest BCUT2D eigenvalue weighted by Crippen LogP contribution is -2.06. The molecule has 0 bridgehead atoms. The van der Waals surface area contributed by atoms with Crippen molar-refractivity contribution >= 4 is 11.7 Å². The molecule has 0 unspecified atom stereocenters. The summed E-state index contributed by atoms with van der Waals surface area (Å²) >= 11 is 0. The molecule has 2 aromatic rings. The maximum atomic E-state index is 13.8. The molecular weight excluding hydrogens is 255 g/mol. The monoisotopic (exact) mass is 266 g/mol. The van der Waals surface area contributed by atoms with E-state index in [1.807, 2.05) is 0 Å². The fraction of sp³-hybridized carbons (Fsp3) is 0.182. The second kappa shape index (κ2) is 4.92. The smallest absolute Gasteiger partial charge is 0.377 e. The van der Waals surface area contributed by atoms with Crippen molar-refractivity contribution in [1.29, 1.82) is 0 Å². The highest BCUT2D eigenvalue weighted by atomic mass is 19.1. The molecule has 1 aromatic carbocycles. The molecule has 0 atom stereocenters. The number of nitrogen functional groups attached to an aromatic ring is 1. The molecule has 0 radical (unpaired) electrons. The number of esters is 1. The Morgan fingerprint density at radius 1 is 1.42 bits per heavy atom. The van der Waals surface area contributed by atoms with E-state index in [0.29, 0.717) is 5.75 Å². The molecule has 0 aliphatic carbocycles. The number of anilines is 1. The SMILES string of the molecule is COC(=O)c1ncn(-c2cc(OC)c(N)cc2F)n1. The molecule has 0 aliphatic rings. The Morgan fingerprint density at radius 3 is 2.79 bits per heavy atom. The van der Waals surface area contributed by atoms with E-state index in [2.05, 4.69) is 14.8 Å². The number of halogens is 1. The van der Waals surface area contributed by atoms with Gasteiger partial charge in [0.1, 0.15) is 17.8 Å². The molecule has 0 saturated heterocycles. The van der Waals surface area contributed by atoms with Crippen LogP contribution in [0.5, 0.6) is 5.75 Å². The van der Waals surface area contributed by atoms with E-state index in [4.69, 9.17) is 10.5 Å². The molecule has 1 aromatic heterocycles. The lowest BCUT2D eigenvalue weighted by molar-refractivity contribution is 0.0587. The standard InChI is InChI=1S/C11H11FN4O3/c1-18-9-4-8(6(12)3-7(9)13)16-5-14-10(15-16)11(17)19-2/h3-5H,13H2,1-2H3. The van der Waals surface area contributed by atoms with E-state index in [1.165, 1.54) is 26.6 Å². The van der Waals surface area contributed by atoms with Crippen molar-refractivity contribution in [1.82, 2.24) is 14.8 Å². The Bertz CT molecular complexity index is 626. The molecule has 2 N–H and O–H groups in total. The van der Waals surface area contributed by atoms with Gasteiger partial charge in [-0.25, -0.2) is 18.9 Å². The number of ether oxygens (including phenoxy) is 2. The normalized spacial score (nSPS) is 10.3. The van der Waals surface area contributed by atoms with Gasteiger partial charge in [0, 0.05) is 12.1 Å². The summed E-state index contributed by atoms with van der Waals surface area (Å²) < 4.78 is 24.4. The van der Waals surface area contributed by atoms with Gasteiger partial charge in [0.05, 0.1) is 19.9 Å². The number of hydrogen-bond donors (Lipinski definition) is 1. The van der Waals surface area contributed by atoms with Crippen molar-refractivity contribution < 1.29 is 18.7 Å². The van der Waals surface area contributed by atoms with Gasteiger partial charge in [0.15, 0.2) is 5.82 Å². The second-order valence-electron chi connectivity index (χ2n) is 3.55. The van der Waals surface area contributed by atoms with Crippen molar-refractivity contribution in [2.45, 2.75) is 0 Å². The van der Waals surface area contributed by atoms with Crippen molar-refractivity contribution in [2.75, 3.05) is 20.0 Å². The fourth-order valence-electron chi connectivity index (χ4n) is 1.47. The van der Waals surface area contributed by atoms with Crippen molar-refractivity contribution in [2.24, 2.45) is 0 Å². The third-order valence-electron chi connectivity index (χ3n) is 2.41. The minimum absolute atomic E-state index is 0.0636. The summed E-state index contributed by atoms with van der Waals surface area (Å²) in [7, 11) is 2.62. The van der Waals surface area contributed by atoms with E-state index < -0.39 is 11.8 Å². The molecular formula is C11H11FN4O3. The Hall–Kier alpha value is -2.64. The highest BCUT2D eigenvalue weighted by Crippen LogP contribution is 2.26. The summed E-state index contributed by atoms with van der Waals surface area (Å²) in [5, 5.41) is 3.81. The van der Waals surface area contributed by atoms with Gasteiger partial charge in [-0.2, -0.15) is 0 Å². The zero-order chi connectivity index (χ0) is 14.0. The Morgan fingerprint density at radius 2 is 2.16 bits per heavy atom. The van der Waals surface area contributed by atoms with E-state index >= 15 is 0 Å². The van der Waals surface area contributed by atoms with Crippen molar-refractivity contribution in [3.8, 4) is 11.4 Å². The Labute approximate surface area is 107 Å². The average molecular weight is 266 g/mol. The van der Waals surface area contributed by atoms with Crippen LogP contribution >= 0.6 is 0 Å². The average Bonchev–Trinajstić information content (AvgIpc) is 2.87. The van der Waals surface area contributed by atoms with Gasteiger partial charge in [-0.3, -0.25) is 0 Å². The Balaban J connectivity index is 2.47. The number of carbonyl (C=O) groups excluding carboxylic acids is 1. The van der Waals surface area contributed by atoms with Gasteiger partial charge < -0.3 is 15.2 Å². The number of carbonyl (C=O) groups is 1.